The lowest BCUT2D eigenvalue weighted by molar-refractivity contribution is 0.0690. The second-order valence-corrected chi connectivity index (χ2v) is 5.74. The highest BCUT2D eigenvalue weighted by Gasteiger charge is 2.15. The molecule has 106 valence electrons. The lowest BCUT2D eigenvalue weighted by atomic mass is 10.1. The van der Waals surface area contributed by atoms with Gasteiger partial charge in [0.25, 0.3) is 0 Å². The minimum Gasteiger partial charge on any atom is -0.476 e. The zero-order valence-corrected chi connectivity index (χ0v) is 12.1. The third kappa shape index (κ3) is 3.34. The van der Waals surface area contributed by atoms with Gasteiger partial charge in [-0.25, -0.2) is 9.78 Å². The molecule has 0 aliphatic heterocycles. The zero-order valence-electron chi connectivity index (χ0n) is 11.3. The number of aliphatic hydroxyl groups is 1. The number of carboxylic acid groups (broad SMARTS) is 1. The third-order valence-electron chi connectivity index (χ3n) is 2.91. The Morgan fingerprint density at radius 3 is 2.55 bits per heavy atom. The lowest BCUT2D eigenvalue weighted by Crippen LogP contribution is -2.12. The number of aromatic carboxylic acids is 1. The van der Waals surface area contributed by atoms with Crippen LogP contribution in [-0.2, 0) is 0 Å². The number of aliphatic hydroxyl groups excluding tert-OH is 1. The van der Waals surface area contributed by atoms with Crippen molar-refractivity contribution in [1.82, 2.24) is 4.98 Å². The molecule has 2 rings (SSSR count). The summed E-state index contributed by atoms with van der Waals surface area (Å²) in [7, 11) is 0. The van der Waals surface area contributed by atoms with E-state index in [1.54, 1.807) is 6.92 Å². The fraction of sp³-hybridized carbons (Fsp3) is 0.286. The van der Waals surface area contributed by atoms with Crippen molar-refractivity contribution in [1.29, 1.82) is 0 Å². The monoisotopic (exact) mass is 292 g/mol. The van der Waals surface area contributed by atoms with Crippen molar-refractivity contribution in [3.05, 3.63) is 46.0 Å². The largest absolute Gasteiger partial charge is 0.476 e. The van der Waals surface area contributed by atoms with Crippen molar-refractivity contribution in [2.75, 3.05) is 11.9 Å². The average molecular weight is 292 g/mol. The van der Waals surface area contributed by atoms with Crippen LogP contribution in [0.3, 0.4) is 0 Å². The second kappa shape index (κ2) is 6.02. The van der Waals surface area contributed by atoms with Crippen LogP contribution in [0.2, 0.25) is 0 Å². The normalized spacial score (nSPS) is 12.2. The fourth-order valence-electron chi connectivity index (χ4n) is 1.76. The first kappa shape index (κ1) is 14.5. The fourth-order valence-corrected chi connectivity index (χ4v) is 2.57. The predicted molar refractivity (Wildman–Crippen MR) is 78.4 cm³/mol. The summed E-state index contributed by atoms with van der Waals surface area (Å²) >= 11 is 1.27. The van der Waals surface area contributed by atoms with Crippen molar-refractivity contribution < 1.29 is 15.0 Å². The van der Waals surface area contributed by atoms with Crippen molar-refractivity contribution >= 4 is 22.4 Å². The van der Waals surface area contributed by atoms with Crippen molar-refractivity contribution in [2.24, 2.45) is 0 Å². The van der Waals surface area contributed by atoms with Gasteiger partial charge in [0.05, 0.1) is 6.10 Å². The van der Waals surface area contributed by atoms with Crippen molar-refractivity contribution in [3.8, 4) is 0 Å². The van der Waals surface area contributed by atoms with Crippen LogP contribution in [0.5, 0.6) is 0 Å². The van der Waals surface area contributed by atoms with Gasteiger partial charge in [0, 0.05) is 11.4 Å². The number of nitrogens with one attached hydrogen (secondary N) is 1. The SMILES string of the molecule is Cc1ccc([C@H](O)CNc2nc(C(=O)O)c(C)s2)cc1. The Kier molecular flexibility index (Phi) is 4.36. The molecule has 1 aromatic heterocycles. The Bertz CT molecular complexity index is 607. The van der Waals surface area contributed by atoms with Gasteiger partial charge >= 0.3 is 5.97 Å². The smallest absolute Gasteiger partial charge is 0.355 e. The maximum absolute atomic E-state index is 10.9. The van der Waals surface area contributed by atoms with Gasteiger partial charge < -0.3 is 15.5 Å². The molecule has 1 aromatic carbocycles. The van der Waals surface area contributed by atoms with Crippen LogP contribution >= 0.6 is 11.3 Å². The predicted octanol–water partition coefficient (Wildman–Crippen LogP) is 2.60. The summed E-state index contributed by atoms with van der Waals surface area (Å²) in [6.07, 6.45) is -0.659. The number of anilines is 1. The number of hydrogen-bond acceptors (Lipinski definition) is 5. The molecule has 0 aliphatic carbocycles. The lowest BCUT2D eigenvalue weighted by Gasteiger charge is -2.11. The van der Waals surface area contributed by atoms with E-state index in [1.165, 1.54) is 11.3 Å². The van der Waals surface area contributed by atoms with Crippen LogP contribution in [0.25, 0.3) is 0 Å². The molecule has 0 saturated heterocycles. The molecule has 5 nitrogen and oxygen atoms in total. The van der Waals surface area contributed by atoms with E-state index in [4.69, 9.17) is 5.11 Å². The van der Waals surface area contributed by atoms with Crippen LogP contribution in [0, 0.1) is 13.8 Å². The molecule has 2 aromatic rings. The first-order valence-corrected chi connectivity index (χ1v) is 6.98. The van der Waals surface area contributed by atoms with Gasteiger partial charge in [-0.05, 0) is 19.4 Å². The van der Waals surface area contributed by atoms with Gasteiger partial charge in [-0.2, -0.15) is 0 Å². The van der Waals surface area contributed by atoms with Crippen molar-refractivity contribution in [3.63, 3.8) is 0 Å². The van der Waals surface area contributed by atoms with E-state index in [9.17, 15) is 9.90 Å². The highest BCUT2D eigenvalue weighted by molar-refractivity contribution is 7.15. The van der Waals surface area contributed by atoms with Crippen LogP contribution in [-0.4, -0.2) is 27.7 Å². The number of nitrogens with zero attached hydrogens (tertiary/aromatic N) is 1. The molecule has 0 spiro atoms. The molecule has 0 bridgehead atoms. The number of rotatable bonds is 5. The maximum atomic E-state index is 10.9. The van der Waals surface area contributed by atoms with Gasteiger partial charge in [-0.3, -0.25) is 0 Å². The molecule has 3 N–H and O–H groups in total. The summed E-state index contributed by atoms with van der Waals surface area (Å²) in [5.74, 6) is -1.04. The Morgan fingerprint density at radius 1 is 1.35 bits per heavy atom. The summed E-state index contributed by atoms with van der Waals surface area (Å²) in [5.41, 5.74) is 2.01. The molecule has 1 heterocycles. The van der Waals surface area contributed by atoms with Crippen LogP contribution in [0.15, 0.2) is 24.3 Å². The van der Waals surface area contributed by atoms with E-state index in [1.807, 2.05) is 31.2 Å². The number of carboxylic acids is 1. The molecular weight excluding hydrogens is 276 g/mol. The van der Waals surface area contributed by atoms with Gasteiger partial charge in [0.2, 0.25) is 0 Å². The standard InChI is InChI=1S/C14H16N2O3S/c1-8-3-5-10(6-4-8)11(17)7-15-14-16-12(13(18)19)9(2)20-14/h3-6,11,17H,7H2,1-2H3,(H,15,16)(H,18,19)/t11-/m1/s1. The molecule has 6 heteroatoms. The van der Waals surface area contributed by atoms with Gasteiger partial charge in [0.15, 0.2) is 10.8 Å². The van der Waals surface area contributed by atoms with E-state index in [2.05, 4.69) is 10.3 Å². The first-order chi connectivity index (χ1) is 9.47. The molecule has 0 radical (unpaired) electrons. The summed E-state index contributed by atoms with van der Waals surface area (Å²) < 4.78 is 0. The van der Waals surface area contributed by atoms with Gasteiger partial charge in [-0.15, -0.1) is 11.3 Å². The molecule has 0 amide bonds. The van der Waals surface area contributed by atoms with Crippen LogP contribution in [0.1, 0.15) is 32.6 Å². The highest BCUT2D eigenvalue weighted by atomic mass is 32.1. The molecule has 20 heavy (non-hydrogen) atoms. The topological polar surface area (TPSA) is 82.5 Å². The second-order valence-electron chi connectivity index (χ2n) is 4.54. The highest BCUT2D eigenvalue weighted by Crippen LogP contribution is 2.23. The maximum Gasteiger partial charge on any atom is 0.355 e. The quantitative estimate of drug-likeness (QED) is 0.789. The van der Waals surface area contributed by atoms with E-state index in [0.717, 1.165) is 11.1 Å². The summed E-state index contributed by atoms with van der Waals surface area (Å²) in [5, 5.41) is 22.5. The number of aryl methyl sites for hydroxylation is 2. The number of hydrogen-bond donors (Lipinski definition) is 3. The molecule has 0 fully saturated rings. The first-order valence-electron chi connectivity index (χ1n) is 6.16. The van der Waals surface area contributed by atoms with Gasteiger partial charge in [-0.1, -0.05) is 29.8 Å². The average Bonchev–Trinajstić information content (AvgIpc) is 2.78. The van der Waals surface area contributed by atoms with Gasteiger partial charge in [0.1, 0.15) is 0 Å². The van der Waals surface area contributed by atoms with Crippen LogP contribution < -0.4 is 5.32 Å². The summed E-state index contributed by atoms with van der Waals surface area (Å²) in [4.78, 5) is 15.5. The Labute approximate surface area is 120 Å². The number of benzene rings is 1. The van der Waals surface area contributed by atoms with E-state index in [0.29, 0.717) is 10.0 Å². The Hall–Kier alpha value is -1.92. The van der Waals surface area contributed by atoms with E-state index in [-0.39, 0.29) is 12.2 Å². The van der Waals surface area contributed by atoms with E-state index >= 15 is 0 Å². The zero-order chi connectivity index (χ0) is 14.7. The number of thiazole rings is 1. The third-order valence-corrected chi connectivity index (χ3v) is 3.84. The number of carbonyl (C=O) groups is 1. The summed E-state index contributed by atoms with van der Waals surface area (Å²) in [6, 6.07) is 7.62. The molecule has 0 saturated carbocycles. The van der Waals surface area contributed by atoms with Crippen molar-refractivity contribution in [2.45, 2.75) is 20.0 Å². The Balaban J connectivity index is 1.99. The molecule has 0 unspecified atom stereocenters. The molecule has 1 atom stereocenters. The Morgan fingerprint density at radius 2 is 2.00 bits per heavy atom. The van der Waals surface area contributed by atoms with E-state index < -0.39 is 12.1 Å². The van der Waals surface area contributed by atoms with Crippen LogP contribution in [0.4, 0.5) is 5.13 Å². The molecular formula is C14H16N2O3S. The minimum atomic E-state index is -1.04. The minimum absolute atomic E-state index is 0.0577. The summed E-state index contributed by atoms with van der Waals surface area (Å²) in [6.45, 7) is 3.98. The molecule has 0 aliphatic rings. The number of aromatic nitrogens is 1.